The molecule has 1 aliphatic heterocycles. The van der Waals surface area contributed by atoms with E-state index in [0.29, 0.717) is 6.54 Å². The maximum atomic E-state index is 11.4. The third-order valence-electron chi connectivity index (χ3n) is 2.51. The van der Waals surface area contributed by atoms with Crippen LogP contribution in [-0.2, 0) is 4.79 Å². The Morgan fingerprint density at radius 1 is 1.53 bits per heavy atom. The zero-order valence-electron chi connectivity index (χ0n) is 9.20. The second-order valence-electron chi connectivity index (χ2n) is 3.79. The summed E-state index contributed by atoms with van der Waals surface area (Å²) in [7, 11) is 0. The minimum absolute atomic E-state index is 0.0845. The number of rotatable bonds is 4. The smallest absolute Gasteiger partial charge is 0.234 e. The van der Waals surface area contributed by atoms with Crippen molar-refractivity contribution in [3.05, 3.63) is 0 Å². The highest BCUT2D eigenvalue weighted by Crippen LogP contribution is 2.06. The van der Waals surface area contributed by atoms with Gasteiger partial charge in [0.2, 0.25) is 5.91 Å². The van der Waals surface area contributed by atoms with Gasteiger partial charge >= 0.3 is 0 Å². The van der Waals surface area contributed by atoms with E-state index in [-0.39, 0.29) is 5.91 Å². The van der Waals surface area contributed by atoms with E-state index in [0.717, 1.165) is 44.6 Å². The van der Waals surface area contributed by atoms with Crippen LogP contribution >= 0.6 is 0 Å². The molecule has 0 aromatic rings. The molecule has 1 rings (SSSR count). The highest BCUT2D eigenvalue weighted by molar-refractivity contribution is 5.85. The quantitative estimate of drug-likeness (QED) is 0.526. The molecule has 1 heterocycles. The van der Waals surface area contributed by atoms with Gasteiger partial charge < -0.3 is 10.5 Å². The van der Waals surface area contributed by atoms with Gasteiger partial charge in [0.05, 0.1) is 12.3 Å². The Morgan fingerprint density at radius 2 is 2.20 bits per heavy atom. The second kappa shape index (κ2) is 6.40. The third kappa shape index (κ3) is 4.29. The fourth-order valence-corrected chi connectivity index (χ4v) is 1.59. The van der Waals surface area contributed by atoms with Gasteiger partial charge in [-0.1, -0.05) is 12.1 Å². The molecule has 0 atom stereocenters. The molecule has 86 valence electrons. The van der Waals surface area contributed by atoms with Gasteiger partial charge in [-0.25, -0.2) is 0 Å². The zero-order chi connectivity index (χ0) is 11.1. The number of likely N-dealkylation sites (tertiary alicyclic amines) is 1. The van der Waals surface area contributed by atoms with Gasteiger partial charge in [0, 0.05) is 32.5 Å². The van der Waals surface area contributed by atoms with Crippen LogP contribution in [0.15, 0.2) is 5.16 Å². The summed E-state index contributed by atoms with van der Waals surface area (Å²) in [6.45, 7) is 4.85. The standard InChI is InChI=1S/C10H19N3O2/c1-2-5-11-10(14)8-13-6-3-9(12-15)4-7-13/h15H,2-8H2,1H3,(H,11,14). The van der Waals surface area contributed by atoms with Crippen LogP contribution in [0.4, 0.5) is 0 Å². The molecule has 5 heteroatoms. The van der Waals surface area contributed by atoms with Crippen LogP contribution in [0, 0.1) is 0 Å². The average Bonchev–Trinajstić information content (AvgIpc) is 2.27. The number of hydrogen-bond donors (Lipinski definition) is 2. The van der Waals surface area contributed by atoms with E-state index in [1.165, 1.54) is 0 Å². The molecule has 0 unspecified atom stereocenters. The summed E-state index contributed by atoms with van der Waals surface area (Å²) in [5.41, 5.74) is 0.834. The van der Waals surface area contributed by atoms with Crippen LogP contribution in [-0.4, -0.2) is 47.9 Å². The molecule has 1 amide bonds. The predicted molar refractivity (Wildman–Crippen MR) is 58.2 cm³/mol. The van der Waals surface area contributed by atoms with Crippen LogP contribution in [0.5, 0.6) is 0 Å². The van der Waals surface area contributed by atoms with Gasteiger partial charge in [0.15, 0.2) is 0 Å². The molecule has 0 bridgehead atoms. The van der Waals surface area contributed by atoms with Crippen molar-refractivity contribution in [2.45, 2.75) is 26.2 Å². The van der Waals surface area contributed by atoms with Gasteiger partial charge in [-0.3, -0.25) is 9.69 Å². The van der Waals surface area contributed by atoms with Crippen molar-refractivity contribution in [3.8, 4) is 0 Å². The maximum Gasteiger partial charge on any atom is 0.234 e. The Kier molecular flexibility index (Phi) is 5.10. The number of hydrogen-bond acceptors (Lipinski definition) is 4. The fourth-order valence-electron chi connectivity index (χ4n) is 1.59. The van der Waals surface area contributed by atoms with E-state index < -0.39 is 0 Å². The van der Waals surface area contributed by atoms with Gasteiger partial charge in [0.1, 0.15) is 0 Å². The van der Waals surface area contributed by atoms with Gasteiger partial charge in [-0.15, -0.1) is 0 Å². The molecular formula is C10H19N3O2. The Bertz CT molecular complexity index is 231. The second-order valence-corrected chi connectivity index (χ2v) is 3.79. The Morgan fingerprint density at radius 3 is 2.73 bits per heavy atom. The van der Waals surface area contributed by atoms with Crippen LogP contribution < -0.4 is 5.32 Å². The average molecular weight is 213 g/mol. The highest BCUT2D eigenvalue weighted by atomic mass is 16.4. The highest BCUT2D eigenvalue weighted by Gasteiger charge is 2.17. The van der Waals surface area contributed by atoms with Crippen molar-refractivity contribution >= 4 is 11.6 Å². The van der Waals surface area contributed by atoms with Crippen LogP contribution in [0.3, 0.4) is 0 Å². The number of nitrogens with one attached hydrogen (secondary N) is 1. The lowest BCUT2D eigenvalue weighted by molar-refractivity contribution is -0.122. The number of amides is 1. The summed E-state index contributed by atoms with van der Waals surface area (Å²) in [5, 5.41) is 14.6. The molecular weight excluding hydrogens is 194 g/mol. The van der Waals surface area contributed by atoms with Gasteiger partial charge in [-0.2, -0.15) is 0 Å². The van der Waals surface area contributed by atoms with Crippen molar-refractivity contribution in [2.75, 3.05) is 26.2 Å². The molecule has 0 aromatic carbocycles. The fraction of sp³-hybridized carbons (Fsp3) is 0.800. The molecule has 1 fully saturated rings. The molecule has 0 radical (unpaired) electrons. The summed E-state index contributed by atoms with van der Waals surface area (Å²) in [6.07, 6.45) is 2.49. The maximum absolute atomic E-state index is 11.4. The van der Waals surface area contributed by atoms with Crippen molar-refractivity contribution in [3.63, 3.8) is 0 Å². The molecule has 5 nitrogen and oxygen atoms in total. The van der Waals surface area contributed by atoms with Gasteiger partial charge in [-0.05, 0) is 6.42 Å². The molecule has 2 N–H and O–H groups in total. The Labute approximate surface area is 90.1 Å². The molecule has 15 heavy (non-hydrogen) atoms. The minimum atomic E-state index is 0.0845. The van der Waals surface area contributed by atoms with Crippen LogP contribution in [0.2, 0.25) is 0 Å². The molecule has 1 aliphatic rings. The predicted octanol–water partition coefficient (Wildman–Crippen LogP) is 0.439. The van der Waals surface area contributed by atoms with E-state index in [1.807, 2.05) is 6.92 Å². The summed E-state index contributed by atoms with van der Waals surface area (Å²) in [4.78, 5) is 13.5. The lowest BCUT2D eigenvalue weighted by Gasteiger charge is -2.26. The SMILES string of the molecule is CCCNC(=O)CN1CCC(=NO)CC1. The van der Waals surface area contributed by atoms with E-state index in [9.17, 15) is 4.79 Å². The monoisotopic (exact) mass is 213 g/mol. The van der Waals surface area contributed by atoms with E-state index in [4.69, 9.17) is 5.21 Å². The Balaban J connectivity index is 2.20. The van der Waals surface area contributed by atoms with Crippen LogP contribution in [0.1, 0.15) is 26.2 Å². The summed E-state index contributed by atoms with van der Waals surface area (Å²) in [5.74, 6) is 0.0845. The molecule has 0 aliphatic carbocycles. The van der Waals surface area contributed by atoms with Crippen molar-refractivity contribution < 1.29 is 10.0 Å². The van der Waals surface area contributed by atoms with Crippen molar-refractivity contribution in [1.29, 1.82) is 0 Å². The van der Waals surface area contributed by atoms with Crippen LogP contribution in [0.25, 0.3) is 0 Å². The normalized spacial score (nSPS) is 17.5. The first kappa shape index (κ1) is 12.0. The first-order chi connectivity index (χ1) is 7.26. The van der Waals surface area contributed by atoms with E-state index in [2.05, 4.69) is 15.4 Å². The first-order valence-electron chi connectivity index (χ1n) is 5.45. The zero-order valence-corrected chi connectivity index (χ0v) is 9.20. The molecule has 0 spiro atoms. The largest absolute Gasteiger partial charge is 0.411 e. The molecule has 0 saturated carbocycles. The van der Waals surface area contributed by atoms with Crippen molar-refractivity contribution in [1.82, 2.24) is 10.2 Å². The van der Waals surface area contributed by atoms with Gasteiger partial charge in [0.25, 0.3) is 0 Å². The summed E-state index contributed by atoms with van der Waals surface area (Å²) < 4.78 is 0. The van der Waals surface area contributed by atoms with Crippen molar-refractivity contribution in [2.24, 2.45) is 5.16 Å². The minimum Gasteiger partial charge on any atom is -0.411 e. The molecule has 0 aromatic heterocycles. The topological polar surface area (TPSA) is 64.9 Å². The third-order valence-corrected chi connectivity index (χ3v) is 2.51. The van der Waals surface area contributed by atoms with E-state index >= 15 is 0 Å². The number of oxime groups is 1. The Hall–Kier alpha value is -1.10. The summed E-state index contributed by atoms with van der Waals surface area (Å²) >= 11 is 0. The van der Waals surface area contributed by atoms with E-state index in [1.54, 1.807) is 0 Å². The number of piperidine rings is 1. The number of nitrogens with zero attached hydrogens (tertiary/aromatic N) is 2. The number of carbonyl (C=O) groups is 1. The number of carbonyl (C=O) groups excluding carboxylic acids is 1. The first-order valence-corrected chi connectivity index (χ1v) is 5.45. The lowest BCUT2D eigenvalue weighted by atomic mass is 10.1. The lowest BCUT2D eigenvalue weighted by Crippen LogP contribution is -2.41. The molecule has 1 saturated heterocycles. The summed E-state index contributed by atoms with van der Waals surface area (Å²) in [6, 6.07) is 0.